The van der Waals surface area contributed by atoms with Crippen molar-refractivity contribution in [2.75, 3.05) is 53.4 Å². The van der Waals surface area contributed by atoms with Gasteiger partial charge in [-0.25, -0.2) is 0 Å². The Kier molecular flexibility index (Phi) is 23.5. The van der Waals surface area contributed by atoms with E-state index < -0.39 is 120 Å². The molecule has 0 aromatic heterocycles. The van der Waals surface area contributed by atoms with Gasteiger partial charge in [0.15, 0.2) is 0 Å². The van der Waals surface area contributed by atoms with Crippen molar-refractivity contribution in [3.63, 3.8) is 0 Å². The van der Waals surface area contributed by atoms with Crippen molar-refractivity contribution >= 4 is 59.1 Å². The Labute approximate surface area is 463 Å². The number of carbonyl (C=O) groups excluding carboxylic acids is 10. The molecule has 1 aromatic rings. The Bertz CT molecular complexity index is 2270. The van der Waals surface area contributed by atoms with Crippen LogP contribution < -0.4 is 21.3 Å². The van der Waals surface area contributed by atoms with E-state index in [4.69, 9.17) is 0 Å². The molecule has 0 radical (unpaired) electrons. The first kappa shape index (κ1) is 62.8. The average Bonchev–Trinajstić information content (AvgIpc) is 4.13. The van der Waals surface area contributed by atoms with Gasteiger partial charge >= 0.3 is 0 Å². The minimum atomic E-state index is -1.15. The number of nitrogens with zero attached hydrogens (tertiary/aromatic N) is 6. The zero-order valence-corrected chi connectivity index (χ0v) is 48.5. The summed E-state index contributed by atoms with van der Waals surface area (Å²) in [5.41, 5.74) is 0.751. The lowest BCUT2D eigenvalue weighted by molar-refractivity contribution is -0.149. The lowest BCUT2D eigenvalue weighted by atomic mass is 9.89. The predicted molar refractivity (Wildman–Crippen MR) is 296 cm³/mol. The molecule has 3 aliphatic heterocycles. The van der Waals surface area contributed by atoms with Gasteiger partial charge in [-0.3, -0.25) is 47.9 Å². The van der Waals surface area contributed by atoms with Gasteiger partial charge in [0.1, 0.15) is 48.3 Å². The van der Waals surface area contributed by atoms with Crippen LogP contribution in [0.25, 0.3) is 0 Å². The molecule has 5 rings (SSSR count). The first-order chi connectivity index (χ1) is 36.9. The number of hydrogen-bond donors (Lipinski definition) is 4. The molecule has 0 spiro atoms. The highest BCUT2D eigenvalue weighted by molar-refractivity contribution is 5.99. The van der Waals surface area contributed by atoms with E-state index in [-0.39, 0.29) is 75.5 Å². The Morgan fingerprint density at radius 3 is 1.40 bits per heavy atom. The normalized spacial score (nSPS) is 27.4. The van der Waals surface area contributed by atoms with Crippen molar-refractivity contribution in [3.8, 4) is 0 Å². The van der Waals surface area contributed by atoms with Gasteiger partial charge in [0.2, 0.25) is 59.1 Å². The fourth-order valence-corrected chi connectivity index (χ4v) is 11.6. The largest absolute Gasteiger partial charge is 0.343 e. The number of likely N-dealkylation sites (N-methyl/N-ethyl adjacent to an activating group) is 3. The Balaban J connectivity index is 1.55. The molecule has 78 heavy (non-hydrogen) atoms. The SMILES string of the molecule is CCN1CC(=O)N[C@@H](CC(C)C)C(=O)N2CCC[C@@H]2C(=O)N(C)[C@@H](CC(C)C)C(=O)N[C@@H](C)C(=O)N(CC2CCCCC2)CC(=O)NC(Cc2ccccc2)C(=O)N2CCC[C@@H]2C(=O)N(C)[C@@H](CC(C)C)C(=O)N[C@@H](C)C1=O. The summed E-state index contributed by atoms with van der Waals surface area (Å²) in [6, 6.07) is 0.709. The molecule has 8 atom stereocenters. The van der Waals surface area contributed by atoms with Crippen LogP contribution in [0.15, 0.2) is 30.3 Å². The van der Waals surface area contributed by atoms with Crippen LogP contribution in [0.5, 0.6) is 0 Å². The van der Waals surface area contributed by atoms with E-state index in [1.807, 2.05) is 71.9 Å². The van der Waals surface area contributed by atoms with Crippen LogP contribution in [0.1, 0.15) is 145 Å². The van der Waals surface area contributed by atoms with Gasteiger partial charge in [0.05, 0.1) is 13.1 Å². The molecular formula is C58H92N10O10. The summed E-state index contributed by atoms with van der Waals surface area (Å²) < 4.78 is 0. The molecule has 1 saturated carbocycles. The van der Waals surface area contributed by atoms with Gasteiger partial charge < -0.3 is 50.7 Å². The molecule has 434 valence electrons. The molecule has 4 N–H and O–H groups in total. The number of fused-ring (bicyclic) bond motifs is 2. The van der Waals surface area contributed by atoms with Gasteiger partial charge in [0.25, 0.3) is 0 Å². The minimum Gasteiger partial charge on any atom is -0.343 e. The van der Waals surface area contributed by atoms with Gasteiger partial charge in [-0.2, -0.15) is 0 Å². The molecule has 1 unspecified atom stereocenters. The summed E-state index contributed by atoms with van der Waals surface area (Å²) >= 11 is 0. The van der Waals surface area contributed by atoms with Crippen LogP contribution >= 0.6 is 0 Å². The monoisotopic (exact) mass is 1090 g/mol. The Morgan fingerprint density at radius 2 is 0.936 bits per heavy atom. The lowest BCUT2D eigenvalue weighted by Crippen LogP contribution is -2.60. The summed E-state index contributed by atoms with van der Waals surface area (Å²) in [6.45, 7) is 16.1. The van der Waals surface area contributed by atoms with E-state index in [2.05, 4.69) is 21.3 Å². The quantitative estimate of drug-likeness (QED) is 0.252. The Hall–Kier alpha value is -6.08. The predicted octanol–water partition coefficient (Wildman–Crippen LogP) is 3.25. The lowest BCUT2D eigenvalue weighted by Gasteiger charge is -2.36. The molecule has 20 nitrogen and oxygen atoms in total. The molecule has 0 bridgehead atoms. The van der Waals surface area contributed by atoms with Crippen LogP contribution in [-0.2, 0) is 54.4 Å². The summed E-state index contributed by atoms with van der Waals surface area (Å²) in [7, 11) is 3.03. The third-order valence-electron chi connectivity index (χ3n) is 15.9. The van der Waals surface area contributed by atoms with Crippen LogP contribution in [0, 0.1) is 23.7 Å². The fraction of sp³-hybridized carbons (Fsp3) is 0.724. The third kappa shape index (κ3) is 17.0. The summed E-state index contributed by atoms with van der Waals surface area (Å²) in [6.07, 6.45) is 7.08. The van der Waals surface area contributed by atoms with Crippen LogP contribution in [0.3, 0.4) is 0 Å². The van der Waals surface area contributed by atoms with E-state index >= 15 is 0 Å². The first-order valence-corrected chi connectivity index (χ1v) is 28.9. The molecule has 4 fully saturated rings. The highest BCUT2D eigenvalue weighted by Gasteiger charge is 2.44. The summed E-state index contributed by atoms with van der Waals surface area (Å²) in [5, 5.41) is 11.5. The molecule has 3 saturated heterocycles. The van der Waals surface area contributed by atoms with E-state index in [0.717, 1.165) is 37.7 Å². The second kappa shape index (κ2) is 29.2. The molecule has 1 aliphatic carbocycles. The first-order valence-electron chi connectivity index (χ1n) is 28.9. The number of rotatable bonds is 11. The van der Waals surface area contributed by atoms with Crippen LogP contribution in [0.2, 0.25) is 0 Å². The maximum Gasteiger partial charge on any atom is 0.246 e. The zero-order chi connectivity index (χ0) is 57.5. The van der Waals surface area contributed by atoms with E-state index in [0.29, 0.717) is 25.7 Å². The number of benzene rings is 1. The van der Waals surface area contributed by atoms with Crippen molar-refractivity contribution in [2.24, 2.45) is 23.7 Å². The van der Waals surface area contributed by atoms with Gasteiger partial charge in [-0.05, 0) is 108 Å². The van der Waals surface area contributed by atoms with E-state index in [1.165, 1.54) is 50.4 Å². The second-order valence-corrected chi connectivity index (χ2v) is 23.7. The van der Waals surface area contributed by atoms with Gasteiger partial charge in [-0.15, -0.1) is 0 Å². The Morgan fingerprint density at radius 1 is 0.500 bits per heavy atom. The van der Waals surface area contributed by atoms with Crippen molar-refractivity contribution < 1.29 is 47.9 Å². The highest BCUT2D eigenvalue weighted by Crippen LogP contribution is 2.28. The van der Waals surface area contributed by atoms with Gasteiger partial charge in [-0.1, -0.05) is 91.1 Å². The number of carbonyl (C=O) groups is 10. The number of hydrogen-bond acceptors (Lipinski definition) is 10. The molecule has 4 aliphatic rings. The van der Waals surface area contributed by atoms with E-state index in [1.54, 1.807) is 13.8 Å². The second-order valence-electron chi connectivity index (χ2n) is 23.7. The molecule has 1 aromatic carbocycles. The standard InChI is InChI=1S/C58H92N10O10/c1-12-65-34-49(69)61-43(29-36(2)3)55(75)67-27-19-25-45(67)57(77)64(11)48(31-38(6)7)52(72)60-40(9)54(74)66(33-42-23-17-14-18-24-42)35-50(70)62-44(32-41-21-15-13-16-22-41)56(76)68-28-20-26-46(68)58(78)63(10)47(30-37(4)5)51(71)59-39(8)53(65)73/h13,15-16,21-22,36-40,42-48H,12,14,17-20,23-35H2,1-11H3,(H,59,71)(H,60,72)(H,61,69)(H,62,70)/t39-,40-,43-,44?,45+,46+,47-,48-/m0/s1. The zero-order valence-electron chi connectivity index (χ0n) is 48.5. The maximum atomic E-state index is 14.9. The topological polar surface area (TPSA) is 238 Å². The van der Waals surface area contributed by atoms with Gasteiger partial charge in [0, 0.05) is 46.7 Å². The minimum absolute atomic E-state index is 0.0602. The smallest absolute Gasteiger partial charge is 0.246 e. The number of amides is 10. The average molecular weight is 1090 g/mol. The molecule has 3 heterocycles. The highest BCUT2D eigenvalue weighted by atomic mass is 16.2. The summed E-state index contributed by atoms with van der Waals surface area (Å²) in [5.74, 6) is -5.45. The molecular weight excluding hydrogens is 997 g/mol. The number of nitrogens with one attached hydrogen (secondary N) is 4. The molecule has 10 amide bonds. The van der Waals surface area contributed by atoms with Crippen molar-refractivity contribution in [1.29, 1.82) is 0 Å². The van der Waals surface area contributed by atoms with Crippen LogP contribution in [-0.4, -0.2) is 190 Å². The van der Waals surface area contributed by atoms with Crippen molar-refractivity contribution in [3.05, 3.63) is 35.9 Å². The van der Waals surface area contributed by atoms with Crippen molar-refractivity contribution in [1.82, 2.24) is 50.7 Å². The molecule has 20 heteroatoms. The van der Waals surface area contributed by atoms with Crippen LogP contribution in [0.4, 0.5) is 0 Å². The summed E-state index contributed by atoms with van der Waals surface area (Å²) in [4.78, 5) is 153. The third-order valence-corrected chi connectivity index (χ3v) is 15.9. The van der Waals surface area contributed by atoms with E-state index in [9.17, 15) is 47.9 Å². The maximum absolute atomic E-state index is 14.9. The fourth-order valence-electron chi connectivity index (χ4n) is 11.6. The van der Waals surface area contributed by atoms with Crippen molar-refractivity contribution in [2.45, 2.75) is 194 Å².